The highest BCUT2D eigenvalue weighted by Gasteiger charge is 2.36. The van der Waals surface area contributed by atoms with Gasteiger partial charge in [0.25, 0.3) is 5.91 Å². The van der Waals surface area contributed by atoms with Gasteiger partial charge in [0.05, 0.1) is 10.6 Å². The third-order valence-corrected chi connectivity index (χ3v) is 5.39. The molecule has 6 nitrogen and oxygen atoms in total. The number of thiophene rings is 1. The van der Waals surface area contributed by atoms with Gasteiger partial charge in [0.2, 0.25) is 0 Å². The summed E-state index contributed by atoms with van der Waals surface area (Å²) in [5.74, 6) is -0.376. The van der Waals surface area contributed by atoms with E-state index in [1.165, 1.54) is 17.4 Å². The summed E-state index contributed by atoms with van der Waals surface area (Å²) >= 11 is 1.30. The maximum absolute atomic E-state index is 13.6. The van der Waals surface area contributed by atoms with E-state index in [1.54, 1.807) is 22.4 Å². The van der Waals surface area contributed by atoms with Crippen LogP contribution < -0.4 is 0 Å². The number of likely N-dealkylation sites (N-methyl/N-ethyl adjacent to an activating group) is 1. The van der Waals surface area contributed by atoms with Crippen molar-refractivity contribution in [3.8, 4) is 10.6 Å². The Morgan fingerprint density at radius 3 is 2.56 bits per heavy atom. The summed E-state index contributed by atoms with van der Waals surface area (Å²) < 4.78 is 41.4. The Morgan fingerprint density at radius 2 is 1.93 bits per heavy atom. The maximum Gasteiger partial charge on any atom is 0.433 e. The van der Waals surface area contributed by atoms with Crippen molar-refractivity contribution in [3.05, 3.63) is 41.0 Å². The molecule has 1 saturated heterocycles. The molecule has 0 unspecified atom stereocenters. The zero-order chi connectivity index (χ0) is 19.2. The molecule has 3 aromatic heterocycles. The number of fused-ring (bicyclic) bond motifs is 1. The molecule has 1 aliphatic heterocycles. The van der Waals surface area contributed by atoms with Crippen molar-refractivity contribution in [1.82, 2.24) is 24.4 Å². The van der Waals surface area contributed by atoms with Crippen LogP contribution in [0.25, 0.3) is 16.2 Å². The van der Waals surface area contributed by atoms with Crippen LogP contribution in [0.3, 0.4) is 0 Å². The molecule has 0 saturated carbocycles. The third kappa shape index (κ3) is 3.42. The number of hydrogen-bond acceptors (Lipinski definition) is 5. The van der Waals surface area contributed by atoms with Crippen molar-refractivity contribution >= 4 is 22.9 Å². The van der Waals surface area contributed by atoms with E-state index >= 15 is 0 Å². The predicted octanol–water partition coefficient (Wildman–Crippen LogP) is 2.86. The van der Waals surface area contributed by atoms with Gasteiger partial charge < -0.3 is 9.80 Å². The van der Waals surface area contributed by atoms with Gasteiger partial charge in [-0.2, -0.15) is 18.3 Å². The molecule has 0 radical (unpaired) electrons. The van der Waals surface area contributed by atoms with Gasteiger partial charge in [-0.3, -0.25) is 4.79 Å². The van der Waals surface area contributed by atoms with E-state index in [1.807, 2.05) is 7.05 Å². The minimum absolute atomic E-state index is 0.00528. The number of hydrogen-bond donors (Lipinski definition) is 0. The predicted molar refractivity (Wildman–Crippen MR) is 94.7 cm³/mol. The smallest absolute Gasteiger partial charge is 0.335 e. The summed E-state index contributed by atoms with van der Waals surface area (Å²) in [4.78, 5) is 21.3. The Bertz CT molecular complexity index is 975. The second-order valence-electron chi connectivity index (χ2n) is 6.40. The zero-order valence-electron chi connectivity index (χ0n) is 14.4. The van der Waals surface area contributed by atoms with E-state index in [9.17, 15) is 18.0 Å². The van der Waals surface area contributed by atoms with E-state index in [-0.39, 0.29) is 22.9 Å². The molecule has 4 rings (SSSR count). The van der Waals surface area contributed by atoms with Crippen LogP contribution in [0.2, 0.25) is 0 Å². The van der Waals surface area contributed by atoms with Gasteiger partial charge in [-0.05, 0) is 24.6 Å². The van der Waals surface area contributed by atoms with E-state index in [0.717, 1.165) is 6.07 Å². The van der Waals surface area contributed by atoms with Crippen molar-refractivity contribution in [1.29, 1.82) is 0 Å². The average Bonchev–Trinajstić information content (AvgIpc) is 3.29. The molecular formula is C17H16F3N5OS. The van der Waals surface area contributed by atoms with Crippen molar-refractivity contribution in [2.45, 2.75) is 6.18 Å². The van der Waals surface area contributed by atoms with Gasteiger partial charge in [0.15, 0.2) is 17.0 Å². The summed E-state index contributed by atoms with van der Waals surface area (Å²) in [6, 6.07) is 5.75. The molecule has 0 aliphatic carbocycles. The molecule has 142 valence electrons. The number of rotatable bonds is 2. The summed E-state index contributed by atoms with van der Waals surface area (Å²) in [6.07, 6.45) is -4.62. The molecule has 0 atom stereocenters. The normalized spacial score (nSPS) is 16.2. The van der Waals surface area contributed by atoms with Gasteiger partial charge in [0.1, 0.15) is 0 Å². The van der Waals surface area contributed by atoms with E-state index in [0.29, 0.717) is 35.6 Å². The Hall–Kier alpha value is -2.46. The van der Waals surface area contributed by atoms with Crippen LogP contribution in [-0.4, -0.2) is 63.5 Å². The summed E-state index contributed by atoms with van der Waals surface area (Å²) in [5.41, 5.74) is -0.761. The van der Waals surface area contributed by atoms with Crippen LogP contribution in [0.5, 0.6) is 0 Å². The number of piperazine rings is 1. The number of nitrogens with zero attached hydrogens (tertiary/aromatic N) is 5. The minimum atomic E-state index is -4.62. The Balaban J connectivity index is 1.77. The largest absolute Gasteiger partial charge is 0.433 e. The van der Waals surface area contributed by atoms with E-state index < -0.39 is 11.9 Å². The van der Waals surface area contributed by atoms with Crippen LogP contribution in [0.15, 0.2) is 29.6 Å². The first-order valence-electron chi connectivity index (χ1n) is 8.32. The number of aromatic nitrogens is 3. The number of alkyl halides is 3. The molecule has 1 amide bonds. The van der Waals surface area contributed by atoms with Gasteiger partial charge >= 0.3 is 6.18 Å². The van der Waals surface area contributed by atoms with Crippen LogP contribution in [-0.2, 0) is 6.18 Å². The molecule has 1 aliphatic rings. The molecule has 0 aromatic carbocycles. The lowest BCUT2D eigenvalue weighted by Crippen LogP contribution is -2.47. The van der Waals surface area contributed by atoms with E-state index in [2.05, 4.69) is 15.0 Å². The van der Waals surface area contributed by atoms with Gasteiger partial charge in [-0.25, -0.2) is 9.50 Å². The molecule has 10 heteroatoms. The van der Waals surface area contributed by atoms with Crippen LogP contribution >= 0.6 is 11.3 Å². The van der Waals surface area contributed by atoms with Gasteiger partial charge in [0, 0.05) is 32.2 Å². The summed E-state index contributed by atoms with van der Waals surface area (Å²) in [6.45, 7) is 2.47. The zero-order valence-corrected chi connectivity index (χ0v) is 15.2. The number of carbonyl (C=O) groups is 1. The van der Waals surface area contributed by atoms with Crippen molar-refractivity contribution in [2.24, 2.45) is 0 Å². The van der Waals surface area contributed by atoms with Crippen molar-refractivity contribution in [2.75, 3.05) is 33.2 Å². The molecule has 27 heavy (non-hydrogen) atoms. The molecule has 0 bridgehead atoms. The SMILES string of the molecule is CN1CCN(C(=O)c2cc3nc(-c4cccs4)cc(C(F)(F)F)n3n2)CC1. The van der Waals surface area contributed by atoms with Gasteiger partial charge in [-0.15, -0.1) is 11.3 Å². The van der Waals surface area contributed by atoms with Crippen molar-refractivity contribution < 1.29 is 18.0 Å². The fourth-order valence-corrected chi connectivity index (χ4v) is 3.69. The quantitative estimate of drug-likeness (QED) is 0.670. The molecule has 0 N–H and O–H groups in total. The lowest BCUT2D eigenvalue weighted by atomic mass is 10.2. The Kier molecular flexibility index (Phi) is 4.39. The molecular weight excluding hydrogens is 379 g/mol. The Labute approximate surface area is 156 Å². The molecule has 0 spiro atoms. The first-order chi connectivity index (χ1) is 12.8. The lowest BCUT2D eigenvalue weighted by molar-refractivity contribution is -0.142. The van der Waals surface area contributed by atoms with E-state index in [4.69, 9.17) is 0 Å². The first-order valence-corrected chi connectivity index (χ1v) is 9.20. The molecule has 1 fully saturated rings. The first kappa shape index (κ1) is 17.9. The maximum atomic E-state index is 13.6. The fourth-order valence-electron chi connectivity index (χ4n) is 3.00. The minimum Gasteiger partial charge on any atom is -0.335 e. The third-order valence-electron chi connectivity index (χ3n) is 4.50. The summed E-state index contributed by atoms with van der Waals surface area (Å²) in [5, 5.41) is 5.70. The second kappa shape index (κ2) is 6.61. The molecule has 4 heterocycles. The number of carbonyl (C=O) groups excluding carboxylic acids is 1. The van der Waals surface area contributed by atoms with Crippen LogP contribution in [0.4, 0.5) is 13.2 Å². The highest BCUT2D eigenvalue weighted by atomic mass is 32.1. The highest BCUT2D eigenvalue weighted by molar-refractivity contribution is 7.13. The van der Waals surface area contributed by atoms with Crippen molar-refractivity contribution in [3.63, 3.8) is 0 Å². The fraction of sp³-hybridized carbons (Fsp3) is 0.353. The number of halogens is 3. The topological polar surface area (TPSA) is 53.7 Å². The summed E-state index contributed by atoms with van der Waals surface area (Å²) in [7, 11) is 1.96. The second-order valence-corrected chi connectivity index (χ2v) is 7.34. The number of amides is 1. The van der Waals surface area contributed by atoms with Crippen LogP contribution in [0.1, 0.15) is 16.2 Å². The molecule has 3 aromatic rings. The van der Waals surface area contributed by atoms with Crippen LogP contribution in [0, 0.1) is 0 Å². The standard InChI is InChI=1S/C17H16F3N5OS/c1-23-4-6-24(7-5-23)16(26)12-10-15-21-11(13-3-2-8-27-13)9-14(17(18,19)20)25(15)22-12/h2-3,8-10H,4-7H2,1H3. The van der Waals surface area contributed by atoms with Gasteiger partial charge in [-0.1, -0.05) is 6.07 Å². The Morgan fingerprint density at radius 1 is 1.19 bits per heavy atom. The average molecular weight is 395 g/mol. The monoisotopic (exact) mass is 395 g/mol. The lowest BCUT2D eigenvalue weighted by Gasteiger charge is -2.31. The highest BCUT2D eigenvalue weighted by Crippen LogP contribution is 2.33.